The minimum atomic E-state index is -1.20. The van der Waals surface area contributed by atoms with E-state index < -0.39 is 5.97 Å². The second-order valence-corrected chi connectivity index (χ2v) is 4.42. The highest BCUT2D eigenvalue weighted by Crippen LogP contribution is 2.19. The van der Waals surface area contributed by atoms with E-state index in [1.807, 2.05) is 0 Å². The molecule has 126 valence electrons. The molecule has 0 unspecified atom stereocenters. The van der Waals surface area contributed by atoms with E-state index >= 15 is 0 Å². The number of hydrogen-bond donors (Lipinski definition) is 1. The second-order valence-electron chi connectivity index (χ2n) is 4.42. The van der Waals surface area contributed by atoms with Gasteiger partial charge in [-0.2, -0.15) is 5.10 Å². The fourth-order valence-corrected chi connectivity index (χ4v) is 1.62. The van der Waals surface area contributed by atoms with E-state index in [4.69, 9.17) is 9.47 Å². The summed E-state index contributed by atoms with van der Waals surface area (Å²) in [4.78, 5) is 15.1. The summed E-state index contributed by atoms with van der Waals surface area (Å²) < 4.78 is 10.6. The minimum Gasteiger partial charge on any atom is -0.476 e. The number of allylic oxidation sites excluding steroid dienone is 2. The average Bonchev–Trinajstić information content (AvgIpc) is 2.61. The fraction of sp³-hybridized carbons (Fsp3) is 0. The van der Waals surface area contributed by atoms with Crippen molar-refractivity contribution >= 4 is 30.2 Å². The molecule has 7 heteroatoms. The van der Waals surface area contributed by atoms with Crippen molar-refractivity contribution in [3.8, 4) is 5.75 Å². The topological polar surface area (TPSA) is 92.8 Å². The third-order valence-electron chi connectivity index (χ3n) is 2.71. The lowest BCUT2D eigenvalue weighted by atomic mass is 10.1. The summed E-state index contributed by atoms with van der Waals surface area (Å²) >= 11 is 0. The molecule has 2 rings (SSSR count). The summed E-state index contributed by atoms with van der Waals surface area (Å²) in [7, 11) is 0. The van der Waals surface area contributed by atoms with Crippen molar-refractivity contribution in [2.45, 2.75) is 0 Å². The first-order valence-electron chi connectivity index (χ1n) is 7.19. The first-order chi connectivity index (χ1) is 12.3. The SMILES string of the molecule is O=C(O)C1=N/N=C\C=N/C=C\C=C/O/C=C\Oc2ccccc2/C=C\1. The number of nitrogens with zero attached hydrogens (tertiary/aromatic N) is 3. The van der Waals surface area contributed by atoms with Crippen LogP contribution in [0.1, 0.15) is 5.56 Å². The summed E-state index contributed by atoms with van der Waals surface area (Å²) in [6.45, 7) is 0. The Bertz CT molecular complexity index is 802. The number of carbonyl (C=O) groups is 1. The van der Waals surface area contributed by atoms with Gasteiger partial charge in [0, 0.05) is 18.0 Å². The van der Waals surface area contributed by atoms with Gasteiger partial charge in [0.25, 0.3) is 0 Å². The van der Waals surface area contributed by atoms with E-state index in [2.05, 4.69) is 15.2 Å². The summed E-state index contributed by atoms with van der Waals surface area (Å²) in [5.74, 6) is -0.666. The zero-order chi connectivity index (χ0) is 17.7. The van der Waals surface area contributed by atoms with Crippen molar-refractivity contribution in [2.24, 2.45) is 15.2 Å². The molecule has 0 aromatic heterocycles. The molecule has 1 aliphatic rings. The normalized spacial score (nSPS) is 24.4. The number of benzene rings is 1. The Balaban J connectivity index is 2.33. The zero-order valence-corrected chi connectivity index (χ0v) is 13.1. The zero-order valence-electron chi connectivity index (χ0n) is 13.1. The van der Waals surface area contributed by atoms with E-state index in [0.29, 0.717) is 11.3 Å². The Morgan fingerprint density at radius 2 is 1.88 bits per heavy atom. The van der Waals surface area contributed by atoms with Crippen LogP contribution in [0.25, 0.3) is 6.08 Å². The summed E-state index contributed by atoms with van der Waals surface area (Å²) in [5.41, 5.74) is 0.448. The molecule has 0 atom stereocenters. The maximum atomic E-state index is 11.2. The predicted octanol–water partition coefficient (Wildman–Crippen LogP) is 3.19. The van der Waals surface area contributed by atoms with Gasteiger partial charge in [-0.15, -0.1) is 5.10 Å². The number of carboxylic acid groups (broad SMARTS) is 1. The molecule has 1 aromatic carbocycles. The number of aliphatic carboxylic acids is 1. The lowest BCUT2D eigenvalue weighted by Crippen LogP contribution is -2.09. The molecule has 0 aliphatic carbocycles. The molecule has 0 saturated carbocycles. The molecular formula is C18H15N3O4. The third-order valence-corrected chi connectivity index (χ3v) is 2.71. The Hall–Kier alpha value is -3.74. The summed E-state index contributed by atoms with van der Waals surface area (Å²) in [6, 6.07) is 7.12. The Morgan fingerprint density at radius 1 is 1.00 bits per heavy atom. The summed E-state index contributed by atoms with van der Waals surface area (Å²) in [5, 5.41) is 16.5. The predicted molar refractivity (Wildman–Crippen MR) is 96.7 cm³/mol. The minimum absolute atomic E-state index is 0.224. The Morgan fingerprint density at radius 3 is 2.76 bits per heavy atom. The average molecular weight is 337 g/mol. The molecule has 0 bridgehead atoms. The first kappa shape index (κ1) is 17.6. The maximum Gasteiger partial charge on any atom is 0.356 e. The van der Waals surface area contributed by atoms with Crippen LogP contribution in [0.15, 0.2) is 82.7 Å². The van der Waals surface area contributed by atoms with Crippen LogP contribution in [0.3, 0.4) is 0 Å². The number of hydrogen-bond acceptors (Lipinski definition) is 6. The van der Waals surface area contributed by atoms with E-state index in [0.717, 1.165) is 0 Å². The molecule has 25 heavy (non-hydrogen) atoms. The molecule has 0 fully saturated rings. The molecule has 0 radical (unpaired) electrons. The van der Waals surface area contributed by atoms with Gasteiger partial charge in [0.15, 0.2) is 5.71 Å². The van der Waals surface area contributed by atoms with Crippen molar-refractivity contribution < 1.29 is 19.4 Å². The van der Waals surface area contributed by atoms with E-state index in [-0.39, 0.29) is 5.71 Å². The van der Waals surface area contributed by atoms with Crippen LogP contribution >= 0.6 is 0 Å². The first-order valence-corrected chi connectivity index (χ1v) is 7.19. The third kappa shape index (κ3) is 6.49. The molecule has 1 heterocycles. The molecule has 1 aliphatic heterocycles. The lowest BCUT2D eigenvalue weighted by molar-refractivity contribution is -0.129. The van der Waals surface area contributed by atoms with E-state index in [1.165, 1.54) is 43.5 Å². The number of para-hydroxylation sites is 1. The summed E-state index contributed by atoms with van der Waals surface area (Å²) in [6.07, 6.45) is 14.6. The quantitative estimate of drug-likeness (QED) is 0.851. The van der Waals surface area contributed by atoms with Gasteiger partial charge in [-0.1, -0.05) is 18.2 Å². The van der Waals surface area contributed by atoms with Crippen molar-refractivity contribution in [1.82, 2.24) is 0 Å². The highest BCUT2D eigenvalue weighted by Gasteiger charge is 2.06. The highest BCUT2D eigenvalue weighted by atomic mass is 16.5. The Kier molecular flexibility index (Phi) is 7.12. The molecule has 7 nitrogen and oxygen atoms in total. The molecular weight excluding hydrogens is 322 g/mol. The van der Waals surface area contributed by atoms with E-state index in [1.54, 1.807) is 42.5 Å². The van der Waals surface area contributed by atoms with Gasteiger partial charge in [0.05, 0.1) is 12.5 Å². The number of fused-ring (bicyclic) bond motifs is 1. The molecule has 0 spiro atoms. The molecule has 0 saturated heterocycles. The van der Waals surface area contributed by atoms with E-state index in [9.17, 15) is 9.90 Å². The molecule has 0 amide bonds. The van der Waals surface area contributed by atoms with Crippen LogP contribution in [0.4, 0.5) is 0 Å². The van der Waals surface area contributed by atoms with Gasteiger partial charge in [-0.05, 0) is 30.4 Å². The smallest absolute Gasteiger partial charge is 0.356 e. The number of ether oxygens (including phenoxy) is 2. The monoisotopic (exact) mass is 337 g/mol. The van der Waals surface area contributed by atoms with Gasteiger partial charge >= 0.3 is 5.97 Å². The largest absolute Gasteiger partial charge is 0.476 e. The van der Waals surface area contributed by atoms with Crippen LogP contribution in [0, 0.1) is 0 Å². The Labute approximate surface area is 144 Å². The molecule has 1 N–H and O–H groups in total. The van der Waals surface area contributed by atoms with Crippen LogP contribution in [0.2, 0.25) is 0 Å². The highest BCUT2D eigenvalue weighted by molar-refractivity contribution is 6.41. The lowest BCUT2D eigenvalue weighted by Gasteiger charge is -2.04. The second kappa shape index (κ2) is 10.1. The maximum absolute atomic E-state index is 11.2. The van der Waals surface area contributed by atoms with Gasteiger partial charge in [0.2, 0.25) is 0 Å². The van der Waals surface area contributed by atoms with Gasteiger partial charge in [-0.25, -0.2) is 4.79 Å². The van der Waals surface area contributed by atoms with Crippen molar-refractivity contribution in [3.05, 3.63) is 73.0 Å². The van der Waals surface area contributed by atoms with Crippen molar-refractivity contribution in [2.75, 3.05) is 0 Å². The van der Waals surface area contributed by atoms with Gasteiger partial charge in [-0.3, -0.25) is 4.99 Å². The molecule has 1 aromatic rings. The fourth-order valence-electron chi connectivity index (χ4n) is 1.62. The van der Waals surface area contributed by atoms with Gasteiger partial charge < -0.3 is 14.6 Å². The number of carboxylic acids is 1. The van der Waals surface area contributed by atoms with Crippen molar-refractivity contribution in [1.29, 1.82) is 0 Å². The van der Waals surface area contributed by atoms with Crippen LogP contribution in [0.5, 0.6) is 5.75 Å². The standard InChI is InChI=1S/C18H15N3O4/c22-18(23)16-8-7-15-5-1-2-6-17(15)25-14-13-24-12-4-3-9-19-10-11-20-21-16/h1-14H,(H,22,23)/b8-7-,9-3-,12-4-,14-13-,19-10-,20-11-,21-16+. The van der Waals surface area contributed by atoms with Crippen LogP contribution in [-0.4, -0.2) is 29.2 Å². The van der Waals surface area contributed by atoms with Gasteiger partial charge in [0.1, 0.15) is 18.3 Å². The van der Waals surface area contributed by atoms with Crippen LogP contribution < -0.4 is 4.74 Å². The number of rotatable bonds is 1. The van der Waals surface area contributed by atoms with Crippen molar-refractivity contribution in [3.63, 3.8) is 0 Å². The van der Waals surface area contributed by atoms with Crippen LogP contribution in [-0.2, 0) is 9.53 Å². The number of aliphatic imine (C=N–C) groups is 1.